The maximum atomic E-state index is 13.5. The largest absolute Gasteiger partial charge is 0.494 e. The van der Waals surface area contributed by atoms with E-state index in [-0.39, 0.29) is 23.5 Å². The van der Waals surface area contributed by atoms with E-state index >= 15 is 0 Å². The van der Waals surface area contributed by atoms with Gasteiger partial charge in [0.15, 0.2) is 11.6 Å². The number of anilines is 2. The Labute approximate surface area is 428 Å². The molecule has 0 bridgehead atoms. The van der Waals surface area contributed by atoms with Crippen LogP contribution in [-0.2, 0) is 20.0 Å². The molecule has 74 heavy (non-hydrogen) atoms. The second-order valence-corrected chi connectivity index (χ2v) is 20.8. The van der Waals surface area contributed by atoms with E-state index in [4.69, 9.17) is 28.4 Å². The van der Waals surface area contributed by atoms with E-state index in [1.54, 1.807) is 135 Å². The van der Waals surface area contributed by atoms with E-state index in [1.165, 1.54) is 51.8 Å². The molecule has 0 saturated heterocycles. The number of methoxy groups -OCH3 is 6. The molecule has 0 aliphatic carbocycles. The van der Waals surface area contributed by atoms with Gasteiger partial charge in [-0.05, 0) is 89.1 Å². The first-order valence-corrected chi connectivity index (χ1v) is 25.9. The standard InChI is InChI=1S/2C24H29N7O5S/c2*1-15-13-25-30(14-15)16(2)17(3)37(32,33)29-24-28-27-23(18-9-7-12-21(26-18)36-6)31(24)22-19(34-4)10-8-11-20(22)35-5/h2*7-14,16-17H,1-6H3,(H,28,29)/t2*16-,17+/m10/s1. The highest BCUT2D eigenvalue weighted by molar-refractivity contribution is 7.93. The van der Waals surface area contributed by atoms with Crippen LogP contribution < -0.4 is 37.9 Å². The number of ether oxygens (including phenoxy) is 6. The lowest BCUT2D eigenvalue weighted by Crippen LogP contribution is -2.33. The Kier molecular flexibility index (Phi) is 16.4. The van der Waals surface area contributed by atoms with Gasteiger partial charge < -0.3 is 28.4 Å². The Morgan fingerprint density at radius 1 is 0.473 bits per heavy atom. The number of nitrogens with zero attached hydrogens (tertiary/aromatic N) is 12. The molecule has 0 amide bonds. The highest BCUT2D eigenvalue weighted by Crippen LogP contribution is 2.40. The first-order chi connectivity index (χ1) is 35.4. The number of aryl methyl sites for hydroxylation is 2. The minimum atomic E-state index is -3.96. The highest BCUT2D eigenvalue weighted by atomic mass is 32.2. The van der Waals surface area contributed by atoms with Crippen LogP contribution in [0.25, 0.3) is 34.4 Å². The molecule has 24 nitrogen and oxygen atoms in total. The van der Waals surface area contributed by atoms with Crippen molar-refractivity contribution in [3.63, 3.8) is 0 Å². The number of benzene rings is 2. The van der Waals surface area contributed by atoms with Crippen LogP contribution in [0.4, 0.5) is 11.9 Å². The van der Waals surface area contributed by atoms with E-state index in [0.717, 1.165) is 11.1 Å². The van der Waals surface area contributed by atoms with E-state index in [9.17, 15) is 16.8 Å². The number of aromatic nitrogens is 12. The summed E-state index contributed by atoms with van der Waals surface area (Å²) in [6.07, 6.45) is 6.96. The van der Waals surface area contributed by atoms with Gasteiger partial charge in [-0.15, -0.1) is 20.4 Å². The number of hydrogen-bond acceptors (Lipinski definition) is 18. The number of rotatable bonds is 20. The lowest BCUT2D eigenvalue weighted by molar-refractivity contribution is 0.391. The second-order valence-electron chi connectivity index (χ2n) is 16.7. The molecule has 8 aromatic rings. The summed E-state index contributed by atoms with van der Waals surface area (Å²) >= 11 is 0. The number of hydrogen-bond donors (Lipinski definition) is 2. The highest BCUT2D eigenvalue weighted by Gasteiger charge is 2.34. The van der Waals surface area contributed by atoms with Crippen LogP contribution in [0, 0.1) is 13.8 Å². The molecule has 2 aromatic carbocycles. The molecule has 0 unspecified atom stereocenters. The Bertz CT molecular complexity index is 3180. The predicted molar refractivity (Wildman–Crippen MR) is 276 cm³/mol. The zero-order valence-electron chi connectivity index (χ0n) is 42.8. The van der Waals surface area contributed by atoms with E-state index in [2.05, 4.69) is 50.0 Å². The van der Waals surface area contributed by atoms with Gasteiger partial charge in [0.25, 0.3) is 0 Å². The van der Waals surface area contributed by atoms with Crippen LogP contribution >= 0.6 is 0 Å². The van der Waals surface area contributed by atoms with Gasteiger partial charge in [-0.3, -0.25) is 27.9 Å². The van der Waals surface area contributed by atoms with Gasteiger partial charge in [0.2, 0.25) is 43.7 Å². The Morgan fingerprint density at radius 3 is 1.11 bits per heavy atom. The van der Waals surface area contributed by atoms with Crippen molar-refractivity contribution in [3.8, 4) is 69.2 Å². The summed E-state index contributed by atoms with van der Waals surface area (Å²) in [6.45, 7) is 10.6. The summed E-state index contributed by atoms with van der Waals surface area (Å²) < 4.78 is 98.5. The van der Waals surface area contributed by atoms with Crippen molar-refractivity contribution in [1.82, 2.24) is 59.1 Å². The summed E-state index contributed by atoms with van der Waals surface area (Å²) in [5, 5.41) is 23.7. The first-order valence-electron chi connectivity index (χ1n) is 22.8. The molecule has 2 N–H and O–H groups in total. The van der Waals surface area contributed by atoms with E-state index in [1.807, 2.05) is 13.8 Å². The van der Waals surface area contributed by atoms with Crippen molar-refractivity contribution in [3.05, 3.63) is 109 Å². The maximum absolute atomic E-state index is 13.5. The van der Waals surface area contributed by atoms with Crippen LogP contribution in [0.15, 0.2) is 97.6 Å². The second kappa shape index (κ2) is 22.7. The summed E-state index contributed by atoms with van der Waals surface area (Å²) in [6, 6.07) is 19.8. The molecule has 6 aromatic heterocycles. The molecular weight excluding hydrogens is 997 g/mol. The summed E-state index contributed by atoms with van der Waals surface area (Å²) in [4.78, 5) is 8.92. The molecule has 8 rings (SSSR count). The number of sulfonamides is 2. The van der Waals surface area contributed by atoms with Crippen molar-refractivity contribution in [1.29, 1.82) is 0 Å². The summed E-state index contributed by atoms with van der Waals surface area (Å²) in [5.74, 6) is 2.77. The molecule has 0 fully saturated rings. The molecule has 0 radical (unpaired) electrons. The van der Waals surface area contributed by atoms with Gasteiger partial charge >= 0.3 is 0 Å². The van der Waals surface area contributed by atoms with Gasteiger partial charge in [0.1, 0.15) is 45.8 Å². The van der Waals surface area contributed by atoms with Gasteiger partial charge in [0, 0.05) is 24.5 Å². The van der Waals surface area contributed by atoms with E-state index in [0.29, 0.717) is 57.5 Å². The Morgan fingerprint density at radius 2 is 0.811 bits per heavy atom. The fourth-order valence-electron chi connectivity index (χ4n) is 7.57. The zero-order valence-corrected chi connectivity index (χ0v) is 44.4. The van der Waals surface area contributed by atoms with Crippen molar-refractivity contribution >= 4 is 31.9 Å². The average Bonchev–Trinajstić information content (AvgIpc) is 4.24. The maximum Gasteiger partial charge on any atom is 0.243 e. The third-order valence-electron chi connectivity index (χ3n) is 12.0. The molecule has 0 saturated carbocycles. The van der Waals surface area contributed by atoms with Gasteiger partial charge in [0.05, 0.1) is 77.6 Å². The first kappa shape index (κ1) is 53.5. The normalized spacial score (nSPS) is 13.1. The summed E-state index contributed by atoms with van der Waals surface area (Å²) in [5.41, 5.74) is 3.47. The fraction of sp³-hybridized carbons (Fsp3) is 0.333. The predicted octanol–water partition coefficient (Wildman–Crippen LogP) is 6.50. The molecule has 4 atom stereocenters. The zero-order chi connectivity index (χ0) is 53.5. The van der Waals surface area contributed by atoms with Crippen LogP contribution in [0.1, 0.15) is 50.9 Å². The molecule has 0 spiro atoms. The topological polar surface area (TPSA) is 271 Å². The van der Waals surface area contributed by atoms with Crippen LogP contribution in [0.5, 0.6) is 34.8 Å². The van der Waals surface area contributed by atoms with E-state index < -0.39 is 42.6 Å². The minimum absolute atomic E-state index is 0.0573. The quantitative estimate of drug-likeness (QED) is 0.0824. The molecule has 392 valence electrons. The van der Waals surface area contributed by atoms with Gasteiger partial charge in [-0.1, -0.05) is 24.3 Å². The third kappa shape index (κ3) is 11.2. The van der Waals surface area contributed by atoms with Crippen molar-refractivity contribution < 1.29 is 45.3 Å². The van der Waals surface area contributed by atoms with Crippen LogP contribution in [-0.4, -0.2) is 129 Å². The third-order valence-corrected chi connectivity index (χ3v) is 15.7. The molecule has 6 heterocycles. The van der Waals surface area contributed by atoms with Crippen molar-refractivity contribution in [2.75, 3.05) is 52.1 Å². The minimum Gasteiger partial charge on any atom is -0.494 e. The lowest BCUT2D eigenvalue weighted by atomic mass is 10.2. The summed E-state index contributed by atoms with van der Waals surface area (Å²) in [7, 11) is 1.10. The number of para-hydroxylation sites is 2. The van der Waals surface area contributed by atoms with Crippen LogP contribution in [0.3, 0.4) is 0 Å². The van der Waals surface area contributed by atoms with Crippen LogP contribution in [0.2, 0.25) is 0 Å². The Balaban J connectivity index is 0.000000216. The number of pyridine rings is 2. The SMILES string of the molecule is COc1cccc(-c2nnc(NS(=O)(=O)[C@@H](C)[C@@H](C)n3cc(C)cn3)n2-c2c(OC)cccc2OC)n1.COc1cccc(-c2nnc(NS(=O)(=O)[C@H](C)[C@H](C)n3cc(C)cn3)n2-c2c(OC)cccc2OC)n1. The van der Waals surface area contributed by atoms with Crippen molar-refractivity contribution in [2.24, 2.45) is 0 Å². The molecule has 0 aliphatic heterocycles. The fourth-order valence-corrected chi connectivity index (χ4v) is 10.00. The molecule has 0 aliphatic rings. The smallest absolute Gasteiger partial charge is 0.243 e. The average molecular weight is 1060 g/mol. The van der Waals surface area contributed by atoms with Gasteiger partial charge in [-0.2, -0.15) is 10.2 Å². The van der Waals surface area contributed by atoms with Crippen molar-refractivity contribution in [2.45, 2.75) is 64.1 Å². The number of nitrogens with one attached hydrogen (secondary N) is 2. The molecular formula is C48H58N14O10S2. The van der Waals surface area contributed by atoms with Gasteiger partial charge in [-0.25, -0.2) is 26.8 Å². The monoisotopic (exact) mass is 1050 g/mol. The lowest BCUT2D eigenvalue weighted by Gasteiger charge is -2.22. The molecule has 26 heteroatoms. The Hall–Kier alpha value is -8.26.